The highest BCUT2D eigenvalue weighted by Crippen LogP contribution is 2.27. The van der Waals surface area contributed by atoms with Crippen LogP contribution in [-0.2, 0) is 0 Å². The van der Waals surface area contributed by atoms with E-state index in [9.17, 15) is 4.79 Å². The molecule has 0 saturated carbocycles. The first-order valence-electron chi connectivity index (χ1n) is 10.1. The van der Waals surface area contributed by atoms with Crippen LogP contribution in [0.1, 0.15) is 23.2 Å². The van der Waals surface area contributed by atoms with Crippen LogP contribution >= 0.6 is 15.9 Å². The fourth-order valence-corrected chi connectivity index (χ4v) is 4.07. The van der Waals surface area contributed by atoms with Crippen LogP contribution in [0.5, 0.6) is 0 Å². The van der Waals surface area contributed by atoms with E-state index in [1.807, 2.05) is 36.4 Å². The first-order chi connectivity index (χ1) is 15.2. The molecule has 1 N–H and O–H groups in total. The van der Waals surface area contributed by atoms with Crippen LogP contribution in [-0.4, -0.2) is 40.0 Å². The van der Waals surface area contributed by atoms with Gasteiger partial charge >= 0.3 is 0 Å². The molecule has 31 heavy (non-hydrogen) atoms. The SMILES string of the molecule is O=C(NC1CCN(c2ncc(Br)cn2)CC1)c1ccc(-c2nccc3occc23)cc1. The Labute approximate surface area is 187 Å². The number of furan rings is 1. The highest BCUT2D eigenvalue weighted by Gasteiger charge is 2.22. The van der Waals surface area contributed by atoms with E-state index in [-0.39, 0.29) is 11.9 Å². The van der Waals surface area contributed by atoms with Crippen LogP contribution in [0.4, 0.5) is 5.95 Å². The number of benzene rings is 1. The van der Waals surface area contributed by atoms with Crippen molar-refractivity contribution in [2.45, 2.75) is 18.9 Å². The molecule has 3 aromatic heterocycles. The van der Waals surface area contributed by atoms with Gasteiger partial charge in [-0.05, 0) is 53.0 Å². The normalized spacial score (nSPS) is 14.7. The Balaban J connectivity index is 1.21. The summed E-state index contributed by atoms with van der Waals surface area (Å²) in [5, 5.41) is 4.12. The molecule has 4 aromatic rings. The Morgan fingerprint density at radius 2 is 1.77 bits per heavy atom. The monoisotopic (exact) mass is 477 g/mol. The topological polar surface area (TPSA) is 84.2 Å². The molecule has 0 spiro atoms. The standard InChI is InChI=1S/C23H20BrN5O2/c24-17-13-26-23(27-14-17)29-10-6-18(7-11-29)28-22(30)16-3-1-15(2-4-16)21-19-8-12-31-20(19)5-9-25-21/h1-5,8-9,12-14,18H,6-7,10-11H2,(H,28,30). The summed E-state index contributed by atoms with van der Waals surface area (Å²) < 4.78 is 6.31. The molecule has 1 aromatic carbocycles. The van der Waals surface area contributed by atoms with Gasteiger partial charge in [-0.3, -0.25) is 9.78 Å². The van der Waals surface area contributed by atoms with E-state index in [0.717, 1.165) is 58.6 Å². The Bertz CT molecular complexity index is 1200. The van der Waals surface area contributed by atoms with E-state index in [4.69, 9.17) is 4.42 Å². The van der Waals surface area contributed by atoms with Crippen molar-refractivity contribution in [2.24, 2.45) is 0 Å². The number of aromatic nitrogens is 3. The van der Waals surface area contributed by atoms with Gasteiger partial charge in [-0.15, -0.1) is 0 Å². The van der Waals surface area contributed by atoms with Gasteiger partial charge in [0.1, 0.15) is 5.58 Å². The fourth-order valence-electron chi connectivity index (χ4n) is 3.87. The molecule has 0 aliphatic carbocycles. The summed E-state index contributed by atoms with van der Waals surface area (Å²) in [5.74, 6) is 0.671. The van der Waals surface area contributed by atoms with E-state index in [2.05, 4.69) is 41.1 Å². The zero-order valence-electron chi connectivity index (χ0n) is 16.7. The van der Waals surface area contributed by atoms with E-state index >= 15 is 0 Å². The van der Waals surface area contributed by atoms with Gasteiger partial charge in [0.25, 0.3) is 5.91 Å². The molecule has 0 unspecified atom stereocenters. The molecular formula is C23H20BrN5O2. The lowest BCUT2D eigenvalue weighted by Gasteiger charge is -2.32. The number of fused-ring (bicyclic) bond motifs is 1. The number of halogens is 1. The van der Waals surface area contributed by atoms with E-state index in [1.165, 1.54) is 0 Å². The largest absolute Gasteiger partial charge is 0.464 e. The predicted octanol–water partition coefficient (Wildman–Crippen LogP) is 4.45. The Morgan fingerprint density at radius 3 is 2.52 bits per heavy atom. The van der Waals surface area contributed by atoms with Crippen molar-refractivity contribution in [3.63, 3.8) is 0 Å². The summed E-state index contributed by atoms with van der Waals surface area (Å²) in [6.07, 6.45) is 8.61. The first kappa shape index (κ1) is 19.7. The molecule has 8 heteroatoms. The third-order valence-electron chi connectivity index (χ3n) is 5.52. The van der Waals surface area contributed by atoms with Crippen molar-refractivity contribution in [2.75, 3.05) is 18.0 Å². The third-order valence-corrected chi connectivity index (χ3v) is 5.93. The van der Waals surface area contributed by atoms with Gasteiger partial charge in [-0.2, -0.15) is 0 Å². The van der Waals surface area contributed by atoms with Gasteiger partial charge in [0.2, 0.25) is 5.95 Å². The Morgan fingerprint density at radius 1 is 1.03 bits per heavy atom. The van der Waals surface area contributed by atoms with Crippen LogP contribution < -0.4 is 10.2 Å². The highest BCUT2D eigenvalue weighted by atomic mass is 79.9. The number of piperidine rings is 1. The second-order valence-electron chi connectivity index (χ2n) is 7.51. The zero-order chi connectivity index (χ0) is 21.2. The summed E-state index contributed by atoms with van der Waals surface area (Å²) in [7, 11) is 0. The molecule has 156 valence electrons. The molecule has 1 amide bonds. The minimum absolute atomic E-state index is 0.0561. The van der Waals surface area contributed by atoms with Crippen molar-refractivity contribution in [1.82, 2.24) is 20.3 Å². The lowest BCUT2D eigenvalue weighted by molar-refractivity contribution is 0.0931. The number of pyridine rings is 1. The Hall–Kier alpha value is -3.26. The number of hydrogen-bond donors (Lipinski definition) is 1. The first-order valence-corrected chi connectivity index (χ1v) is 10.9. The van der Waals surface area contributed by atoms with Crippen molar-refractivity contribution < 1.29 is 9.21 Å². The molecule has 1 aliphatic rings. The average molecular weight is 478 g/mol. The number of carbonyl (C=O) groups is 1. The summed E-state index contributed by atoms with van der Waals surface area (Å²) in [6, 6.07) is 11.4. The number of carbonyl (C=O) groups excluding carboxylic acids is 1. The van der Waals surface area contributed by atoms with Gasteiger partial charge in [0, 0.05) is 54.2 Å². The zero-order valence-corrected chi connectivity index (χ0v) is 18.2. The fraction of sp³-hybridized carbons (Fsp3) is 0.217. The van der Waals surface area contributed by atoms with Crippen molar-refractivity contribution >= 4 is 38.8 Å². The van der Waals surface area contributed by atoms with Gasteiger partial charge in [-0.1, -0.05) is 12.1 Å². The van der Waals surface area contributed by atoms with Crippen LogP contribution in [0.2, 0.25) is 0 Å². The molecule has 0 bridgehead atoms. The van der Waals surface area contributed by atoms with Gasteiger partial charge < -0.3 is 14.6 Å². The smallest absolute Gasteiger partial charge is 0.251 e. The van der Waals surface area contributed by atoms with Crippen molar-refractivity contribution in [1.29, 1.82) is 0 Å². The van der Waals surface area contributed by atoms with Crippen LogP contribution in [0.3, 0.4) is 0 Å². The molecule has 1 saturated heterocycles. The maximum atomic E-state index is 12.7. The van der Waals surface area contributed by atoms with E-state index in [1.54, 1.807) is 24.9 Å². The summed E-state index contributed by atoms with van der Waals surface area (Å²) in [6.45, 7) is 1.62. The number of anilines is 1. The number of nitrogens with zero attached hydrogens (tertiary/aromatic N) is 4. The maximum Gasteiger partial charge on any atom is 0.251 e. The molecule has 5 rings (SSSR count). The van der Waals surface area contributed by atoms with Crippen molar-refractivity contribution in [3.05, 3.63) is 71.3 Å². The second-order valence-corrected chi connectivity index (χ2v) is 8.42. The van der Waals surface area contributed by atoms with E-state index in [0.29, 0.717) is 5.56 Å². The van der Waals surface area contributed by atoms with Gasteiger partial charge in [-0.25, -0.2) is 9.97 Å². The quantitative estimate of drug-likeness (QED) is 0.467. The molecular weight excluding hydrogens is 458 g/mol. The molecule has 7 nitrogen and oxygen atoms in total. The summed E-state index contributed by atoms with van der Waals surface area (Å²) in [5.41, 5.74) is 3.24. The molecule has 0 atom stereocenters. The number of nitrogens with one attached hydrogen (secondary N) is 1. The molecule has 4 heterocycles. The van der Waals surface area contributed by atoms with Gasteiger partial charge in [0.05, 0.1) is 16.4 Å². The molecule has 1 fully saturated rings. The number of amides is 1. The summed E-state index contributed by atoms with van der Waals surface area (Å²) in [4.78, 5) is 28.1. The highest BCUT2D eigenvalue weighted by molar-refractivity contribution is 9.10. The van der Waals surface area contributed by atoms with Crippen LogP contribution in [0.25, 0.3) is 22.2 Å². The maximum absolute atomic E-state index is 12.7. The van der Waals surface area contributed by atoms with Crippen molar-refractivity contribution in [3.8, 4) is 11.3 Å². The lowest BCUT2D eigenvalue weighted by atomic mass is 10.0. The second kappa shape index (κ2) is 8.47. The molecule has 1 aliphatic heterocycles. The summed E-state index contributed by atoms with van der Waals surface area (Å²) >= 11 is 3.36. The average Bonchev–Trinajstić information content (AvgIpc) is 3.29. The van der Waals surface area contributed by atoms with E-state index < -0.39 is 0 Å². The minimum Gasteiger partial charge on any atom is -0.464 e. The third kappa shape index (κ3) is 4.16. The number of hydrogen-bond acceptors (Lipinski definition) is 6. The van der Waals surface area contributed by atoms with Crippen LogP contribution in [0.15, 0.2) is 70.1 Å². The minimum atomic E-state index is -0.0561. The molecule has 0 radical (unpaired) electrons. The van der Waals surface area contributed by atoms with Gasteiger partial charge in [0.15, 0.2) is 0 Å². The lowest BCUT2D eigenvalue weighted by Crippen LogP contribution is -2.45. The predicted molar refractivity (Wildman–Crippen MR) is 122 cm³/mol. The van der Waals surface area contributed by atoms with Crippen LogP contribution in [0, 0.1) is 0 Å². The Kier molecular flexibility index (Phi) is 5.38. The number of rotatable bonds is 4.